The molecule has 0 atom stereocenters. The van der Waals surface area contributed by atoms with Crippen LogP contribution in [-0.4, -0.2) is 75.6 Å². The molecule has 2 aromatic carbocycles. The number of piperazine rings is 1. The maximum absolute atomic E-state index is 12.3. The predicted molar refractivity (Wildman–Crippen MR) is 119 cm³/mol. The first-order valence-corrected chi connectivity index (χ1v) is 12.0. The summed E-state index contributed by atoms with van der Waals surface area (Å²) in [7, 11) is -3.32. The summed E-state index contributed by atoms with van der Waals surface area (Å²) in [6.45, 7) is 3.85. The van der Waals surface area contributed by atoms with Gasteiger partial charge in [0, 0.05) is 44.7 Å². The summed E-state index contributed by atoms with van der Waals surface area (Å²) >= 11 is 0. The van der Waals surface area contributed by atoms with Crippen LogP contribution in [0.2, 0.25) is 0 Å². The predicted octanol–water partition coefficient (Wildman–Crippen LogP) is 0.963. The molecule has 0 spiro atoms. The molecule has 1 saturated heterocycles. The number of sulfone groups is 1. The third-order valence-electron chi connectivity index (χ3n) is 5.08. The first kappa shape index (κ1) is 22.9. The second-order valence-corrected chi connectivity index (χ2v) is 9.68. The number of nitrogens with one attached hydrogen (secondary N) is 2. The molecule has 9 heteroatoms. The second-order valence-electron chi connectivity index (χ2n) is 7.66. The number of benzene rings is 2. The number of amides is 2. The summed E-state index contributed by atoms with van der Waals surface area (Å²) in [5.74, 6) is -0.208. The molecular formula is C22H28N4O4S. The summed E-state index contributed by atoms with van der Waals surface area (Å²) in [6, 6.07) is 16.0. The fourth-order valence-corrected chi connectivity index (χ4v) is 4.04. The van der Waals surface area contributed by atoms with E-state index in [0.717, 1.165) is 11.8 Å². The lowest BCUT2D eigenvalue weighted by molar-refractivity contribution is -0.123. The van der Waals surface area contributed by atoms with Crippen molar-refractivity contribution in [2.45, 2.75) is 11.4 Å². The molecule has 2 aromatic rings. The van der Waals surface area contributed by atoms with E-state index < -0.39 is 9.84 Å². The van der Waals surface area contributed by atoms with Gasteiger partial charge in [-0.05, 0) is 23.8 Å². The van der Waals surface area contributed by atoms with E-state index in [2.05, 4.69) is 15.5 Å². The number of nitrogens with zero attached hydrogens (tertiary/aromatic N) is 2. The minimum absolute atomic E-state index is 0.0131. The number of carbonyl (C=O) groups is 2. The van der Waals surface area contributed by atoms with E-state index in [-0.39, 0.29) is 23.3 Å². The van der Waals surface area contributed by atoms with Gasteiger partial charge in [0.25, 0.3) is 0 Å². The molecular weight excluding hydrogens is 416 g/mol. The lowest BCUT2D eigenvalue weighted by Gasteiger charge is -2.33. The lowest BCUT2D eigenvalue weighted by Crippen LogP contribution is -2.50. The van der Waals surface area contributed by atoms with Crippen LogP contribution >= 0.6 is 0 Å². The summed E-state index contributed by atoms with van der Waals surface area (Å²) < 4.78 is 23.3. The Morgan fingerprint density at radius 3 is 2.10 bits per heavy atom. The van der Waals surface area contributed by atoms with Gasteiger partial charge < -0.3 is 10.6 Å². The number of hydrogen-bond donors (Lipinski definition) is 2. The first-order valence-electron chi connectivity index (χ1n) is 10.1. The van der Waals surface area contributed by atoms with Crippen molar-refractivity contribution < 1.29 is 18.0 Å². The Hall–Kier alpha value is -2.75. The van der Waals surface area contributed by atoms with E-state index in [1.54, 1.807) is 12.1 Å². The normalized spacial score (nSPS) is 15.4. The number of anilines is 1. The Kier molecular flexibility index (Phi) is 7.78. The first-order chi connectivity index (χ1) is 14.8. The molecule has 3 rings (SSSR count). The minimum atomic E-state index is -3.32. The zero-order chi connectivity index (χ0) is 22.3. The van der Waals surface area contributed by atoms with Crippen LogP contribution < -0.4 is 10.6 Å². The van der Waals surface area contributed by atoms with Gasteiger partial charge in [0.15, 0.2) is 9.84 Å². The highest BCUT2D eigenvalue weighted by Crippen LogP contribution is 2.15. The number of hydrogen-bond acceptors (Lipinski definition) is 6. The lowest BCUT2D eigenvalue weighted by atomic mass is 10.2. The van der Waals surface area contributed by atoms with E-state index in [9.17, 15) is 18.0 Å². The third-order valence-corrected chi connectivity index (χ3v) is 6.19. The number of rotatable bonds is 8. The van der Waals surface area contributed by atoms with E-state index in [1.165, 1.54) is 12.1 Å². The topological polar surface area (TPSA) is 98.8 Å². The van der Waals surface area contributed by atoms with Crippen LogP contribution in [0.25, 0.3) is 0 Å². The fraction of sp³-hybridized carbons (Fsp3) is 0.364. The van der Waals surface area contributed by atoms with Crippen LogP contribution in [0.1, 0.15) is 5.56 Å². The van der Waals surface area contributed by atoms with Crippen molar-refractivity contribution in [3.63, 3.8) is 0 Å². The highest BCUT2D eigenvalue weighted by Gasteiger charge is 2.20. The van der Waals surface area contributed by atoms with Crippen molar-refractivity contribution in [2.24, 2.45) is 0 Å². The molecule has 166 valence electrons. The van der Waals surface area contributed by atoms with Crippen LogP contribution in [0, 0.1) is 0 Å². The van der Waals surface area contributed by atoms with E-state index in [0.29, 0.717) is 45.0 Å². The smallest absolute Gasteiger partial charge is 0.238 e. The zero-order valence-corrected chi connectivity index (χ0v) is 18.4. The molecule has 8 nitrogen and oxygen atoms in total. The van der Waals surface area contributed by atoms with Gasteiger partial charge in [-0.25, -0.2) is 8.42 Å². The maximum atomic E-state index is 12.3. The Morgan fingerprint density at radius 1 is 0.871 bits per heavy atom. The molecule has 1 aliphatic heterocycles. The van der Waals surface area contributed by atoms with Crippen LogP contribution in [0.4, 0.5) is 5.69 Å². The molecule has 0 radical (unpaired) electrons. The van der Waals surface area contributed by atoms with E-state index in [4.69, 9.17) is 0 Å². The van der Waals surface area contributed by atoms with Gasteiger partial charge in [-0.2, -0.15) is 0 Å². The van der Waals surface area contributed by atoms with Crippen molar-refractivity contribution in [1.29, 1.82) is 0 Å². The molecule has 0 aliphatic carbocycles. The van der Waals surface area contributed by atoms with Gasteiger partial charge in [0.2, 0.25) is 11.8 Å². The van der Waals surface area contributed by atoms with Crippen LogP contribution in [0.5, 0.6) is 0 Å². The minimum Gasteiger partial charge on any atom is -0.351 e. The van der Waals surface area contributed by atoms with Gasteiger partial charge in [-0.1, -0.05) is 36.4 Å². The largest absolute Gasteiger partial charge is 0.351 e. The van der Waals surface area contributed by atoms with Crippen molar-refractivity contribution in [3.05, 3.63) is 60.2 Å². The molecule has 2 amide bonds. The van der Waals surface area contributed by atoms with Crippen molar-refractivity contribution in [1.82, 2.24) is 15.1 Å². The van der Waals surface area contributed by atoms with E-state index >= 15 is 0 Å². The summed E-state index contributed by atoms with van der Waals surface area (Å²) in [4.78, 5) is 28.8. The average Bonchev–Trinajstić information content (AvgIpc) is 2.74. The van der Waals surface area contributed by atoms with Gasteiger partial charge >= 0.3 is 0 Å². The Morgan fingerprint density at radius 2 is 1.48 bits per heavy atom. The third kappa shape index (κ3) is 7.46. The molecule has 1 fully saturated rings. The standard InChI is InChI=1S/C22H28N4O4S/c1-31(29,30)20-9-5-8-19(14-20)24-22(28)17-26-12-10-25(11-13-26)16-21(27)23-15-18-6-3-2-4-7-18/h2-9,14H,10-13,15-17H2,1H3,(H,23,27)(H,24,28). The highest BCUT2D eigenvalue weighted by atomic mass is 32.2. The SMILES string of the molecule is CS(=O)(=O)c1cccc(NC(=O)CN2CCN(CC(=O)NCc3ccccc3)CC2)c1. The Labute approximate surface area is 183 Å². The van der Waals surface area contributed by atoms with Gasteiger partial charge in [-0.15, -0.1) is 0 Å². The van der Waals surface area contributed by atoms with Crippen molar-refractivity contribution in [2.75, 3.05) is 50.8 Å². The van der Waals surface area contributed by atoms with Crippen LogP contribution in [-0.2, 0) is 26.0 Å². The second kappa shape index (κ2) is 10.5. The van der Waals surface area contributed by atoms with Gasteiger partial charge in [-0.3, -0.25) is 19.4 Å². The quantitative estimate of drug-likeness (QED) is 0.629. The van der Waals surface area contributed by atoms with Gasteiger partial charge in [0.1, 0.15) is 0 Å². The highest BCUT2D eigenvalue weighted by molar-refractivity contribution is 7.90. The molecule has 0 aromatic heterocycles. The van der Waals surface area contributed by atoms with Crippen molar-refractivity contribution >= 4 is 27.3 Å². The molecule has 2 N–H and O–H groups in total. The van der Waals surface area contributed by atoms with Gasteiger partial charge in [0.05, 0.1) is 18.0 Å². The number of carbonyl (C=O) groups excluding carboxylic acids is 2. The average molecular weight is 445 g/mol. The Bertz CT molecular complexity index is 1000. The maximum Gasteiger partial charge on any atom is 0.238 e. The monoisotopic (exact) mass is 444 g/mol. The van der Waals surface area contributed by atoms with Crippen molar-refractivity contribution in [3.8, 4) is 0 Å². The van der Waals surface area contributed by atoms with E-state index in [1.807, 2.05) is 35.2 Å². The summed E-state index contributed by atoms with van der Waals surface area (Å²) in [5.41, 5.74) is 1.52. The molecule has 1 heterocycles. The zero-order valence-electron chi connectivity index (χ0n) is 17.6. The molecule has 31 heavy (non-hydrogen) atoms. The summed E-state index contributed by atoms with van der Waals surface area (Å²) in [5, 5.41) is 5.69. The molecule has 0 bridgehead atoms. The molecule has 0 unspecified atom stereocenters. The summed E-state index contributed by atoms with van der Waals surface area (Å²) in [6.07, 6.45) is 1.13. The van der Waals surface area contributed by atoms with Crippen LogP contribution in [0.3, 0.4) is 0 Å². The molecule has 0 saturated carbocycles. The molecule has 1 aliphatic rings. The fourth-order valence-electron chi connectivity index (χ4n) is 3.37. The van der Waals surface area contributed by atoms with Crippen LogP contribution in [0.15, 0.2) is 59.5 Å². The Balaban J connectivity index is 1.39.